The number of ether oxygens (including phenoxy) is 2. The van der Waals surface area contributed by atoms with E-state index in [4.69, 9.17) is 9.47 Å². The summed E-state index contributed by atoms with van der Waals surface area (Å²) < 4.78 is 9.89. The summed E-state index contributed by atoms with van der Waals surface area (Å²) in [6, 6.07) is -0.140. The number of likely N-dealkylation sites (N-methyl/N-ethyl adjacent to an activating group) is 1. The van der Waals surface area contributed by atoms with Gasteiger partial charge in [-0.25, -0.2) is 4.79 Å². The van der Waals surface area contributed by atoms with Crippen LogP contribution in [0.5, 0.6) is 0 Å². The molecule has 0 saturated carbocycles. The highest BCUT2D eigenvalue weighted by molar-refractivity contribution is 5.96. The lowest BCUT2D eigenvalue weighted by molar-refractivity contribution is -0.145. The molecule has 0 bridgehead atoms. The summed E-state index contributed by atoms with van der Waals surface area (Å²) in [5.41, 5.74) is 0. The summed E-state index contributed by atoms with van der Waals surface area (Å²) in [7, 11) is 1.66. The predicted molar refractivity (Wildman–Crippen MR) is 67.5 cm³/mol. The van der Waals surface area contributed by atoms with Gasteiger partial charge < -0.3 is 14.4 Å². The van der Waals surface area contributed by atoms with Crippen LogP contribution in [0, 0.1) is 5.92 Å². The van der Waals surface area contributed by atoms with E-state index in [9.17, 15) is 14.4 Å². The molecule has 0 aliphatic carbocycles. The van der Waals surface area contributed by atoms with Crippen LogP contribution in [-0.2, 0) is 19.1 Å². The number of carbonyl (C=O) groups is 3. The van der Waals surface area contributed by atoms with E-state index in [1.807, 2.05) is 13.8 Å². The third-order valence-corrected chi connectivity index (χ3v) is 3.13. The molecule has 19 heavy (non-hydrogen) atoms. The summed E-state index contributed by atoms with van der Waals surface area (Å²) in [6.45, 7) is 5.87. The number of rotatable bonds is 6. The average molecular weight is 271 g/mol. The van der Waals surface area contributed by atoms with Crippen LogP contribution in [0.3, 0.4) is 0 Å². The second kappa shape index (κ2) is 6.54. The van der Waals surface area contributed by atoms with Gasteiger partial charge in [0.25, 0.3) is 0 Å². The maximum absolute atomic E-state index is 11.8. The van der Waals surface area contributed by atoms with Crippen LogP contribution < -0.4 is 0 Å². The van der Waals surface area contributed by atoms with Gasteiger partial charge in [-0.3, -0.25) is 9.59 Å². The van der Waals surface area contributed by atoms with Gasteiger partial charge in [0.1, 0.15) is 18.3 Å². The zero-order chi connectivity index (χ0) is 14.6. The highest BCUT2D eigenvalue weighted by Gasteiger charge is 2.42. The second-order valence-corrected chi connectivity index (χ2v) is 4.99. The van der Waals surface area contributed by atoms with Gasteiger partial charge in [0.15, 0.2) is 0 Å². The Morgan fingerprint density at radius 1 is 1.42 bits per heavy atom. The van der Waals surface area contributed by atoms with Crippen LogP contribution in [0.25, 0.3) is 0 Å². The van der Waals surface area contributed by atoms with Gasteiger partial charge in [-0.1, -0.05) is 13.8 Å². The van der Waals surface area contributed by atoms with Crippen molar-refractivity contribution in [3.63, 3.8) is 0 Å². The molecule has 0 aromatic heterocycles. The van der Waals surface area contributed by atoms with E-state index < -0.39 is 18.2 Å². The van der Waals surface area contributed by atoms with E-state index in [2.05, 4.69) is 0 Å². The maximum Gasteiger partial charge on any atom is 0.410 e. The molecule has 6 heteroatoms. The minimum atomic E-state index is -0.536. The molecule has 0 radical (unpaired) electrons. The minimum absolute atomic E-state index is 0.0533. The van der Waals surface area contributed by atoms with Crippen molar-refractivity contribution in [2.75, 3.05) is 13.7 Å². The fourth-order valence-electron chi connectivity index (χ4n) is 2.36. The minimum Gasteiger partial charge on any atom is -0.466 e. The number of amides is 1. The Morgan fingerprint density at radius 2 is 2.05 bits per heavy atom. The van der Waals surface area contributed by atoms with Crippen molar-refractivity contribution in [2.24, 2.45) is 5.92 Å². The molecule has 1 fully saturated rings. The molecule has 108 valence electrons. The fourth-order valence-corrected chi connectivity index (χ4v) is 2.36. The number of cyclic esters (lactones) is 1. The summed E-state index contributed by atoms with van der Waals surface area (Å²) in [4.78, 5) is 36.0. The highest BCUT2D eigenvalue weighted by atomic mass is 16.6. The lowest BCUT2D eigenvalue weighted by Gasteiger charge is -2.24. The van der Waals surface area contributed by atoms with E-state index in [1.54, 1.807) is 14.0 Å². The molecule has 0 aromatic carbocycles. The van der Waals surface area contributed by atoms with E-state index in [0.29, 0.717) is 0 Å². The van der Waals surface area contributed by atoms with Crippen LogP contribution in [0.2, 0.25) is 0 Å². The van der Waals surface area contributed by atoms with Crippen molar-refractivity contribution in [2.45, 2.75) is 45.8 Å². The van der Waals surface area contributed by atoms with Crippen molar-refractivity contribution in [1.29, 1.82) is 0 Å². The molecule has 0 spiro atoms. The lowest BCUT2D eigenvalue weighted by Crippen LogP contribution is -2.39. The molecule has 0 unspecified atom stereocenters. The predicted octanol–water partition coefficient (Wildman–Crippen LogP) is 1.37. The van der Waals surface area contributed by atoms with Crippen LogP contribution in [-0.4, -0.2) is 48.5 Å². The molecular weight excluding hydrogens is 250 g/mol. The fraction of sp³-hybridized carbons (Fsp3) is 0.769. The SMILES string of the molecule is CCOC(=O)CC(=O)C[C@@H]1OC(=O)N(C)[C@@H]1C(C)C. The summed E-state index contributed by atoms with van der Waals surface area (Å²) in [6.07, 6.45) is -1.12. The quantitative estimate of drug-likeness (QED) is 0.539. The molecule has 2 atom stereocenters. The van der Waals surface area contributed by atoms with E-state index in [0.717, 1.165) is 0 Å². The van der Waals surface area contributed by atoms with Gasteiger partial charge in [0.05, 0.1) is 12.6 Å². The van der Waals surface area contributed by atoms with Crippen molar-refractivity contribution in [3.8, 4) is 0 Å². The Labute approximate surface area is 113 Å². The number of esters is 1. The first-order chi connectivity index (χ1) is 8.86. The zero-order valence-corrected chi connectivity index (χ0v) is 11.8. The average Bonchev–Trinajstić information content (AvgIpc) is 2.54. The molecule has 1 amide bonds. The number of hydrogen-bond acceptors (Lipinski definition) is 5. The van der Waals surface area contributed by atoms with Gasteiger partial charge in [0, 0.05) is 13.5 Å². The van der Waals surface area contributed by atoms with Gasteiger partial charge in [-0.15, -0.1) is 0 Å². The van der Waals surface area contributed by atoms with Crippen molar-refractivity contribution >= 4 is 17.8 Å². The lowest BCUT2D eigenvalue weighted by atomic mass is 9.94. The topological polar surface area (TPSA) is 72.9 Å². The zero-order valence-electron chi connectivity index (χ0n) is 11.8. The van der Waals surface area contributed by atoms with Gasteiger partial charge in [-0.2, -0.15) is 0 Å². The first-order valence-electron chi connectivity index (χ1n) is 6.47. The summed E-state index contributed by atoms with van der Waals surface area (Å²) >= 11 is 0. The van der Waals surface area contributed by atoms with Crippen molar-refractivity contribution in [3.05, 3.63) is 0 Å². The molecule has 1 rings (SSSR count). The molecule has 1 heterocycles. The molecule has 1 saturated heterocycles. The first kappa shape index (κ1) is 15.5. The van der Waals surface area contributed by atoms with Gasteiger partial charge in [0.2, 0.25) is 0 Å². The maximum atomic E-state index is 11.8. The van der Waals surface area contributed by atoms with Gasteiger partial charge >= 0.3 is 12.1 Å². The summed E-state index contributed by atoms with van der Waals surface area (Å²) in [5.74, 6) is -0.625. The summed E-state index contributed by atoms with van der Waals surface area (Å²) in [5, 5.41) is 0. The largest absolute Gasteiger partial charge is 0.466 e. The molecule has 1 aliphatic rings. The third kappa shape index (κ3) is 3.94. The van der Waals surface area contributed by atoms with Crippen LogP contribution >= 0.6 is 0 Å². The number of Topliss-reactive ketones (excluding diaryl/α,β-unsaturated/α-hetero) is 1. The molecule has 1 aliphatic heterocycles. The normalized spacial score (nSPS) is 22.6. The van der Waals surface area contributed by atoms with Crippen molar-refractivity contribution in [1.82, 2.24) is 4.90 Å². The standard InChI is InChI=1S/C13H21NO5/c1-5-18-11(16)7-9(15)6-10-12(8(2)3)14(4)13(17)19-10/h8,10,12H,5-7H2,1-4H3/t10-,12+/m0/s1. The first-order valence-corrected chi connectivity index (χ1v) is 6.47. The number of hydrogen-bond donors (Lipinski definition) is 0. The third-order valence-electron chi connectivity index (χ3n) is 3.13. The van der Waals surface area contributed by atoms with Gasteiger partial charge in [-0.05, 0) is 12.8 Å². The van der Waals surface area contributed by atoms with Crippen LogP contribution in [0.1, 0.15) is 33.6 Å². The molecule has 6 nitrogen and oxygen atoms in total. The Morgan fingerprint density at radius 3 is 2.58 bits per heavy atom. The Kier molecular flexibility index (Phi) is 5.32. The Hall–Kier alpha value is -1.59. The number of ketones is 1. The molecule has 0 N–H and O–H groups in total. The van der Waals surface area contributed by atoms with E-state index in [1.165, 1.54) is 4.90 Å². The Bertz CT molecular complexity index is 366. The Balaban J connectivity index is 2.58. The van der Waals surface area contributed by atoms with Crippen molar-refractivity contribution < 1.29 is 23.9 Å². The molecule has 0 aromatic rings. The highest BCUT2D eigenvalue weighted by Crippen LogP contribution is 2.26. The van der Waals surface area contributed by atoms with E-state index in [-0.39, 0.29) is 37.2 Å². The van der Waals surface area contributed by atoms with E-state index >= 15 is 0 Å². The smallest absolute Gasteiger partial charge is 0.410 e. The molecular formula is C13H21NO5. The monoisotopic (exact) mass is 271 g/mol. The van der Waals surface area contributed by atoms with Crippen LogP contribution in [0.15, 0.2) is 0 Å². The number of nitrogens with zero attached hydrogens (tertiary/aromatic N) is 1. The second-order valence-electron chi connectivity index (χ2n) is 4.99. The number of carbonyl (C=O) groups excluding carboxylic acids is 3. The van der Waals surface area contributed by atoms with Crippen LogP contribution in [0.4, 0.5) is 4.79 Å².